The minimum atomic E-state index is -1.02. The molecule has 1 aliphatic heterocycles. The van der Waals surface area contributed by atoms with Gasteiger partial charge < -0.3 is 9.84 Å². The van der Waals surface area contributed by atoms with E-state index >= 15 is 0 Å². The topological polar surface area (TPSA) is 77.0 Å². The molecule has 1 N–H and O–H groups in total. The Morgan fingerprint density at radius 3 is 2.24 bits per heavy atom. The summed E-state index contributed by atoms with van der Waals surface area (Å²) < 4.78 is 5.91. The molecule has 0 spiro atoms. The molecule has 0 unspecified atom stereocenters. The van der Waals surface area contributed by atoms with Crippen LogP contribution in [0.2, 0.25) is 0 Å². The SMILES string of the molecule is Cc1cc([C@@H]2Cc3c(C)c(C#N)cc(C)c3[C@@H](O)O2)c(C)cc1C#N. The Bertz CT molecular complexity index is 948. The van der Waals surface area contributed by atoms with E-state index in [-0.39, 0.29) is 6.10 Å². The summed E-state index contributed by atoms with van der Waals surface area (Å²) >= 11 is 0. The molecule has 2 aromatic carbocycles. The van der Waals surface area contributed by atoms with E-state index in [0.29, 0.717) is 17.5 Å². The Kier molecular flexibility index (Phi) is 4.35. The number of benzene rings is 2. The highest BCUT2D eigenvalue weighted by Crippen LogP contribution is 2.41. The second-order valence-corrected chi connectivity index (χ2v) is 6.69. The number of nitrogens with zero attached hydrogens (tertiary/aromatic N) is 2. The highest BCUT2D eigenvalue weighted by atomic mass is 16.6. The molecule has 0 aromatic heterocycles. The number of fused-ring (bicyclic) bond motifs is 1. The summed E-state index contributed by atoms with van der Waals surface area (Å²) in [6.07, 6.45) is -0.725. The summed E-state index contributed by atoms with van der Waals surface area (Å²) in [5.74, 6) is 0. The van der Waals surface area contributed by atoms with Crippen molar-refractivity contribution < 1.29 is 9.84 Å². The molecule has 2 aromatic rings. The van der Waals surface area contributed by atoms with Crippen LogP contribution < -0.4 is 0 Å². The summed E-state index contributed by atoms with van der Waals surface area (Å²) in [7, 11) is 0. The lowest BCUT2D eigenvalue weighted by Crippen LogP contribution is -2.23. The van der Waals surface area contributed by atoms with Gasteiger partial charge in [-0.3, -0.25) is 0 Å². The number of hydrogen-bond donors (Lipinski definition) is 1. The van der Waals surface area contributed by atoms with Gasteiger partial charge in [-0.2, -0.15) is 10.5 Å². The quantitative estimate of drug-likeness (QED) is 0.857. The molecule has 0 amide bonds. The Labute approximate surface area is 147 Å². The molecule has 1 heterocycles. The first-order valence-corrected chi connectivity index (χ1v) is 8.25. The van der Waals surface area contributed by atoms with E-state index in [1.165, 1.54) is 0 Å². The average molecular weight is 332 g/mol. The fourth-order valence-electron chi connectivity index (χ4n) is 3.67. The Hall–Kier alpha value is -2.66. The van der Waals surface area contributed by atoms with Gasteiger partial charge in [0, 0.05) is 12.0 Å². The standard InChI is InChI=1S/C21H20N2O2/c1-11-7-17(12(2)5-15(11)9-22)19-8-18-14(4)16(10-23)6-13(3)20(18)21(24)25-19/h5-7,19,21,24H,8H2,1-4H3/t19-,21-/m0/s1. The predicted molar refractivity (Wildman–Crippen MR) is 93.8 cm³/mol. The average Bonchev–Trinajstić information content (AvgIpc) is 2.58. The molecule has 4 heteroatoms. The lowest BCUT2D eigenvalue weighted by molar-refractivity contribution is -0.151. The van der Waals surface area contributed by atoms with Crippen molar-refractivity contribution >= 4 is 0 Å². The number of hydrogen-bond acceptors (Lipinski definition) is 4. The van der Waals surface area contributed by atoms with E-state index in [4.69, 9.17) is 4.74 Å². The van der Waals surface area contributed by atoms with E-state index in [1.807, 2.05) is 39.8 Å². The van der Waals surface area contributed by atoms with E-state index in [9.17, 15) is 15.6 Å². The predicted octanol–water partition coefficient (Wildman–Crippen LogP) is 3.97. The molecule has 0 fully saturated rings. The van der Waals surface area contributed by atoms with Crippen LogP contribution in [0.25, 0.3) is 0 Å². The maximum absolute atomic E-state index is 10.6. The third-order valence-electron chi connectivity index (χ3n) is 5.10. The van der Waals surface area contributed by atoms with Gasteiger partial charge in [-0.25, -0.2) is 0 Å². The number of aliphatic hydroxyl groups excluding tert-OH is 1. The van der Waals surface area contributed by atoms with E-state index in [0.717, 1.165) is 38.9 Å². The van der Waals surface area contributed by atoms with Crippen molar-refractivity contribution in [2.45, 2.75) is 46.5 Å². The zero-order valence-electron chi connectivity index (χ0n) is 14.8. The fraction of sp³-hybridized carbons (Fsp3) is 0.333. The van der Waals surface area contributed by atoms with Crippen molar-refractivity contribution in [2.24, 2.45) is 0 Å². The van der Waals surface area contributed by atoms with Crippen molar-refractivity contribution in [3.05, 3.63) is 68.3 Å². The Morgan fingerprint density at radius 1 is 0.960 bits per heavy atom. The summed E-state index contributed by atoms with van der Waals surface area (Å²) in [6.45, 7) is 7.66. The van der Waals surface area contributed by atoms with Gasteiger partial charge in [-0.1, -0.05) is 6.07 Å². The highest BCUT2D eigenvalue weighted by molar-refractivity contribution is 5.52. The van der Waals surface area contributed by atoms with Crippen LogP contribution in [-0.2, 0) is 11.2 Å². The molecule has 0 bridgehead atoms. The molecule has 126 valence electrons. The van der Waals surface area contributed by atoms with Crippen LogP contribution in [0.4, 0.5) is 0 Å². The monoisotopic (exact) mass is 332 g/mol. The minimum Gasteiger partial charge on any atom is -0.364 e. The fourth-order valence-corrected chi connectivity index (χ4v) is 3.67. The van der Waals surface area contributed by atoms with Crippen LogP contribution in [0.15, 0.2) is 18.2 Å². The van der Waals surface area contributed by atoms with E-state index in [1.54, 1.807) is 6.07 Å². The normalized spacial score (nSPS) is 19.0. The summed E-state index contributed by atoms with van der Waals surface area (Å²) in [6, 6.07) is 10.1. The van der Waals surface area contributed by atoms with E-state index in [2.05, 4.69) is 12.1 Å². The largest absolute Gasteiger partial charge is 0.364 e. The molecule has 4 nitrogen and oxygen atoms in total. The van der Waals surface area contributed by atoms with Crippen LogP contribution in [0.5, 0.6) is 0 Å². The zero-order chi connectivity index (χ0) is 18.3. The Balaban J connectivity index is 2.11. The van der Waals surface area contributed by atoms with Crippen molar-refractivity contribution in [1.82, 2.24) is 0 Å². The van der Waals surface area contributed by atoms with Crippen molar-refractivity contribution in [1.29, 1.82) is 10.5 Å². The second-order valence-electron chi connectivity index (χ2n) is 6.69. The first kappa shape index (κ1) is 17.2. The van der Waals surface area contributed by atoms with Crippen LogP contribution in [0, 0.1) is 50.4 Å². The molecular weight excluding hydrogens is 312 g/mol. The molecule has 0 aliphatic carbocycles. The molecule has 1 aliphatic rings. The molecule has 0 radical (unpaired) electrons. The molecule has 25 heavy (non-hydrogen) atoms. The summed E-state index contributed by atoms with van der Waals surface area (Å²) in [4.78, 5) is 0. The highest BCUT2D eigenvalue weighted by Gasteiger charge is 2.31. The number of aliphatic hydroxyl groups is 1. The molecule has 0 saturated carbocycles. The second kappa shape index (κ2) is 6.33. The molecule has 3 rings (SSSR count). The summed E-state index contributed by atoms with van der Waals surface area (Å²) in [5.41, 5.74) is 7.65. The van der Waals surface area contributed by atoms with Gasteiger partial charge in [0.05, 0.1) is 29.4 Å². The van der Waals surface area contributed by atoms with Crippen LogP contribution >= 0.6 is 0 Å². The van der Waals surface area contributed by atoms with Gasteiger partial charge >= 0.3 is 0 Å². The van der Waals surface area contributed by atoms with Gasteiger partial charge in [0.1, 0.15) is 0 Å². The van der Waals surface area contributed by atoms with Gasteiger partial charge in [0.2, 0.25) is 0 Å². The van der Waals surface area contributed by atoms with Gasteiger partial charge in [0.15, 0.2) is 6.29 Å². The maximum atomic E-state index is 10.6. The first-order chi connectivity index (χ1) is 11.9. The molecule has 2 atom stereocenters. The smallest absolute Gasteiger partial charge is 0.182 e. The van der Waals surface area contributed by atoms with Crippen LogP contribution in [-0.4, -0.2) is 5.11 Å². The van der Waals surface area contributed by atoms with Crippen LogP contribution in [0.3, 0.4) is 0 Å². The van der Waals surface area contributed by atoms with Crippen LogP contribution in [0.1, 0.15) is 62.5 Å². The third kappa shape index (κ3) is 2.81. The van der Waals surface area contributed by atoms with Gasteiger partial charge in [0.25, 0.3) is 0 Å². The lowest BCUT2D eigenvalue weighted by Gasteiger charge is -2.33. The maximum Gasteiger partial charge on any atom is 0.182 e. The first-order valence-electron chi connectivity index (χ1n) is 8.25. The third-order valence-corrected chi connectivity index (χ3v) is 5.10. The van der Waals surface area contributed by atoms with Gasteiger partial charge in [-0.05, 0) is 73.2 Å². The van der Waals surface area contributed by atoms with Crippen molar-refractivity contribution in [2.75, 3.05) is 0 Å². The number of nitriles is 2. The zero-order valence-corrected chi connectivity index (χ0v) is 14.8. The van der Waals surface area contributed by atoms with Crippen molar-refractivity contribution in [3.63, 3.8) is 0 Å². The minimum absolute atomic E-state index is 0.305. The van der Waals surface area contributed by atoms with Crippen molar-refractivity contribution in [3.8, 4) is 12.1 Å². The number of ether oxygens (including phenoxy) is 1. The lowest BCUT2D eigenvalue weighted by atomic mass is 9.85. The molecular formula is C21H20N2O2. The van der Waals surface area contributed by atoms with E-state index < -0.39 is 6.29 Å². The molecule has 0 saturated heterocycles. The van der Waals surface area contributed by atoms with Gasteiger partial charge in [-0.15, -0.1) is 0 Å². The number of rotatable bonds is 1. The Morgan fingerprint density at radius 2 is 1.60 bits per heavy atom. The number of aryl methyl sites for hydroxylation is 3. The summed E-state index contributed by atoms with van der Waals surface area (Å²) in [5, 5.41) is 29.1.